The summed E-state index contributed by atoms with van der Waals surface area (Å²) in [6, 6.07) is -0.754. The number of carbonyl (C=O) groups is 2. The highest BCUT2D eigenvalue weighted by Gasteiger charge is 2.37. The zero-order chi connectivity index (χ0) is 14.7. The molecule has 1 aliphatic heterocycles. The lowest BCUT2D eigenvalue weighted by Gasteiger charge is -2.37. The van der Waals surface area contributed by atoms with Crippen LogP contribution in [0.2, 0.25) is 0 Å². The van der Waals surface area contributed by atoms with E-state index in [0.717, 1.165) is 17.1 Å². The monoisotopic (exact) mass is 295 g/mol. The maximum atomic E-state index is 12.4. The van der Waals surface area contributed by atoms with E-state index in [1.165, 1.54) is 0 Å². The van der Waals surface area contributed by atoms with Crippen LogP contribution in [-0.2, 0) is 16.0 Å². The summed E-state index contributed by atoms with van der Waals surface area (Å²) in [5.74, 6) is -0.0246. The molecule has 2 amide bonds. The molecule has 2 unspecified atom stereocenters. The highest BCUT2D eigenvalue weighted by molar-refractivity contribution is 7.09. The van der Waals surface area contributed by atoms with E-state index < -0.39 is 6.04 Å². The number of aryl methyl sites for hydroxylation is 1. The lowest BCUT2D eigenvalue weighted by molar-refractivity contribution is -0.148. The molecule has 1 fully saturated rings. The molecule has 2 heterocycles. The molecule has 2 rings (SSSR count). The lowest BCUT2D eigenvalue weighted by atomic mass is 10.0. The van der Waals surface area contributed by atoms with Crippen molar-refractivity contribution >= 4 is 23.2 Å². The van der Waals surface area contributed by atoms with Crippen LogP contribution in [0.4, 0.5) is 0 Å². The molecule has 20 heavy (non-hydrogen) atoms. The molecule has 5 nitrogen and oxygen atoms in total. The molecule has 0 aliphatic carbocycles. The minimum atomic E-state index is -0.393. The highest BCUT2D eigenvalue weighted by Crippen LogP contribution is 2.15. The number of nitrogens with zero attached hydrogens (tertiary/aromatic N) is 2. The fourth-order valence-corrected chi connectivity index (χ4v) is 3.08. The average Bonchev–Trinajstić information content (AvgIpc) is 2.82. The van der Waals surface area contributed by atoms with Gasteiger partial charge in [-0.1, -0.05) is 13.3 Å². The normalized spacial score (nSPS) is 23.1. The van der Waals surface area contributed by atoms with Gasteiger partial charge in [0.15, 0.2) is 0 Å². The molecule has 1 N–H and O–H groups in total. The van der Waals surface area contributed by atoms with Gasteiger partial charge in [0.2, 0.25) is 11.8 Å². The number of carbonyl (C=O) groups excluding carboxylic acids is 2. The van der Waals surface area contributed by atoms with E-state index in [2.05, 4.69) is 10.3 Å². The van der Waals surface area contributed by atoms with Crippen molar-refractivity contribution in [1.29, 1.82) is 0 Å². The first kappa shape index (κ1) is 15.0. The van der Waals surface area contributed by atoms with Crippen LogP contribution in [0.5, 0.6) is 0 Å². The summed E-state index contributed by atoms with van der Waals surface area (Å²) in [5.41, 5.74) is 0.991. The maximum absolute atomic E-state index is 12.4. The topological polar surface area (TPSA) is 62.3 Å². The fourth-order valence-electron chi connectivity index (χ4n) is 2.43. The Labute approximate surface area is 123 Å². The summed E-state index contributed by atoms with van der Waals surface area (Å²) in [6.07, 6.45) is 2.28. The Balaban J connectivity index is 2.03. The number of piperazine rings is 1. The van der Waals surface area contributed by atoms with E-state index in [4.69, 9.17) is 0 Å². The largest absolute Gasteiger partial charge is 0.343 e. The predicted molar refractivity (Wildman–Crippen MR) is 78.6 cm³/mol. The average molecular weight is 295 g/mol. The number of rotatable bonds is 5. The molecule has 0 radical (unpaired) electrons. The number of aromatic nitrogens is 1. The van der Waals surface area contributed by atoms with Gasteiger partial charge in [-0.05, 0) is 20.3 Å². The quantitative estimate of drug-likeness (QED) is 0.895. The van der Waals surface area contributed by atoms with Crippen molar-refractivity contribution < 1.29 is 9.59 Å². The number of nitrogens with one attached hydrogen (secondary N) is 1. The second-order valence-electron chi connectivity index (χ2n) is 5.17. The first-order valence-electron chi connectivity index (χ1n) is 7.04. The zero-order valence-corrected chi connectivity index (χ0v) is 13.0. The Hall–Kier alpha value is -1.43. The number of hydrogen-bond acceptors (Lipinski definition) is 4. The second-order valence-corrected chi connectivity index (χ2v) is 6.23. The van der Waals surface area contributed by atoms with Gasteiger partial charge in [-0.2, -0.15) is 0 Å². The Morgan fingerprint density at radius 3 is 2.80 bits per heavy atom. The van der Waals surface area contributed by atoms with E-state index in [1.54, 1.807) is 23.2 Å². The van der Waals surface area contributed by atoms with E-state index in [9.17, 15) is 9.59 Å². The van der Waals surface area contributed by atoms with Gasteiger partial charge in [0, 0.05) is 18.3 Å². The van der Waals surface area contributed by atoms with Gasteiger partial charge >= 0.3 is 0 Å². The second kappa shape index (κ2) is 6.35. The van der Waals surface area contributed by atoms with Crippen molar-refractivity contribution in [3.63, 3.8) is 0 Å². The van der Waals surface area contributed by atoms with Crippen LogP contribution >= 0.6 is 11.3 Å². The van der Waals surface area contributed by atoms with Gasteiger partial charge in [0.05, 0.1) is 10.7 Å². The molecular formula is C14H21N3O2S. The summed E-state index contributed by atoms with van der Waals surface area (Å²) in [5, 5.41) is 5.84. The molecular weight excluding hydrogens is 274 g/mol. The van der Waals surface area contributed by atoms with Gasteiger partial charge in [-0.15, -0.1) is 11.3 Å². The maximum Gasteiger partial charge on any atom is 0.245 e. The van der Waals surface area contributed by atoms with Gasteiger partial charge < -0.3 is 10.2 Å². The molecule has 6 heteroatoms. The van der Waals surface area contributed by atoms with Crippen molar-refractivity contribution in [2.45, 2.75) is 52.1 Å². The molecule has 2 atom stereocenters. The number of thiazole rings is 1. The fraction of sp³-hybridized carbons (Fsp3) is 0.643. The van der Waals surface area contributed by atoms with Crippen LogP contribution in [0.1, 0.15) is 37.4 Å². The molecule has 1 saturated heterocycles. The van der Waals surface area contributed by atoms with Crippen LogP contribution in [0, 0.1) is 6.92 Å². The molecule has 1 aliphatic rings. The number of amides is 2. The van der Waals surface area contributed by atoms with Crippen molar-refractivity contribution in [3.05, 3.63) is 16.1 Å². The van der Waals surface area contributed by atoms with E-state index in [0.29, 0.717) is 19.4 Å². The van der Waals surface area contributed by atoms with Gasteiger partial charge in [-0.3, -0.25) is 9.59 Å². The Morgan fingerprint density at radius 1 is 1.45 bits per heavy atom. The predicted octanol–water partition coefficient (Wildman–Crippen LogP) is 1.51. The molecule has 0 saturated carbocycles. The summed E-state index contributed by atoms with van der Waals surface area (Å²) in [7, 11) is 0. The summed E-state index contributed by atoms with van der Waals surface area (Å²) in [4.78, 5) is 30.4. The van der Waals surface area contributed by atoms with Crippen LogP contribution in [0.3, 0.4) is 0 Å². The molecule has 0 bridgehead atoms. The van der Waals surface area contributed by atoms with Gasteiger partial charge in [0.25, 0.3) is 0 Å². The van der Waals surface area contributed by atoms with Crippen LogP contribution in [0.25, 0.3) is 0 Å². The standard InChI is InChI=1S/C14H21N3O2S/c1-4-5-12-14(19)17(9(2)13(18)16-12)7-6-11-8-20-10(3)15-11/h8-9,12H,4-7H2,1-3H3,(H,16,18). The molecule has 110 valence electrons. The minimum absolute atomic E-state index is 0.0332. The first-order chi connectivity index (χ1) is 9.52. The van der Waals surface area contributed by atoms with Crippen LogP contribution < -0.4 is 5.32 Å². The summed E-state index contributed by atoms with van der Waals surface area (Å²) in [6.45, 7) is 6.31. The first-order valence-corrected chi connectivity index (χ1v) is 7.92. The Kier molecular flexibility index (Phi) is 4.75. The van der Waals surface area contributed by atoms with E-state index in [-0.39, 0.29) is 17.9 Å². The smallest absolute Gasteiger partial charge is 0.245 e. The summed E-state index contributed by atoms with van der Waals surface area (Å²) >= 11 is 1.61. The van der Waals surface area contributed by atoms with Crippen molar-refractivity contribution in [3.8, 4) is 0 Å². The third-order valence-corrected chi connectivity index (χ3v) is 4.42. The molecule has 1 aromatic heterocycles. The van der Waals surface area contributed by atoms with E-state index in [1.807, 2.05) is 19.2 Å². The third kappa shape index (κ3) is 3.17. The van der Waals surface area contributed by atoms with Crippen molar-refractivity contribution in [1.82, 2.24) is 15.2 Å². The molecule has 0 spiro atoms. The van der Waals surface area contributed by atoms with E-state index >= 15 is 0 Å². The summed E-state index contributed by atoms with van der Waals surface area (Å²) < 4.78 is 0. The van der Waals surface area contributed by atoms with Crippen LogP contribution in [-0.4, -0.2) is 40.3 Å². The SMILES string of the molecule is CCCC1NC(=O)C(C)N(CCc2csc(C)n2)C1=O. The van der Waals surface area contributed by atoms with Crippen molar-refractivity contribution in [2.75, 3.05) is 6.54 Å². The molecule has 1 aromatic rings. The molecule has 0 aromatic carbocycles. The minimum Gasteiger partial charge on any atom is -0.343 e. The third-order valence-electron chi connectivity index (χ3n) is 3.60. The Morgan fingerprint density at radius 2 is 2.20 bits per heavy atom. The zero-order valence-electron chi connectivity index (χ0n) is 12.2. The number of hydrogen-bond donors (Lipinski definition) is 1. The van der Waals surface area contributed by atoms with Gasteiger partial charge in [-0.25, -0.2) is 4.98 Å². The lowest BCUT2D eigenvalue weighted by Crippen LogP contribution is -2.62. The highest BCUT2D eigenvalue weighted by atomic mass is 32.1. The van der Waals surface area contributed by atoms with Crippen LogP contribution in [0.15, 0.2) is 5.38 Å². The Bertz CT molecular complexity index is 500. The van der Waals surface area contributed by atoms with Gasteiger partial charge in [0.1, 0.15) is 12.1 Å². The van der Waals surface area contributed by atoms with Crippen molar-refractivity contribution in [2.24, 2.45) is 0 Å².